The number of aliphatic hydroxyl groups is 1. The molecule has 39 heavy (non-hydrogen) atoms. The fraction of sp³-hybridized carbons (Fsp3) is 0.839. The van der Waals surface area contributed by atoms with Crippen LogP contribution in [0.25, 0.3) is 0 Å². The molecule has 8 heteroatoms. The van der Waals surface area contributed by atoms with Crippen molar-refractivity contribution in [3.05, 3.63) is 12.2 Å². The van der Waals surface area contributed by atoms with E-state index in [4.69, 9.17) is 14.7 Å². The van der Waals surface area contributed by atoms with E-state index in [1.54, 1.807) is 7.05 Å². The summed E-state index contributed by atoms with van der Waals surface area (Å²) in [7, 11) is 1.74. The van der Waals surface area contributed by atoms with Crippen LogP contribution < -0.4 is 0 Å². The van der Waals surface area contributed by atoms with Gasteiger partial charge < -0.3 is 14.9 Å². The van der Waals surface area contributed by atoms with Crippen molar-refractivity contribution in [3.8, 4) is 0 Å². The molecule has 0 aliphatic rings. The quantitative estimate of drug-likeness (QED) is 0.0392. The smallest absolute Gasteiger partial charge is 0.366 e. The molecule has 0 amide bonds. The molecule has 0 saturated heterocycles. The van der Waals surface area contributed by atoms with E-state index in [2.05, 4.69) is 19.9 Å². The summed E-state index contributed by atoms with van der Waals surface area (Å²) < 4.78 is 5.63. The summed E-state index contributed by atoms with van der Waals surface area (Å²) in [6, 6.07) is 0. The number of carbonyl (C=O) groups excluding carboxylic acids is 2. The number of nitrogens with zero attached hydrogens (tertiary/aromatic N) is 1. The third-order valence-corrected chi connectivity index (χ3v) is 6.91. The molecule has 3 unspecified atom stereocenters. The van der Waals surface area contributed by atoms with E-state index in [0.717, 1.165) is 77.0 Å². The van der Waals surface area contributed by atoms with Crippen LogP contribution in [0.3, 0.4) is 0 Å². The molecule has 0 aliphatic carbocycles. The zero-order valence-corrected chi connectivity index (χ0v) is 25.3. The second-order valence-electron chi connectivity index (χ2n) is 11.0. The highest BCUT2D eigenvalue weighted by Gasteiger charge is 2.33. The van der Waals surface area contributed by atoms with Gasteiger partial charge >= 0.3 is 17.9 Å². The van der Waals surface area contributed by atoms with Crippen LogP contribution in [-0.4, -0.2) is 65.1 Å². The minimum atomic E-state index is -0.788. The third-order valence-electron chi connectivity index (χ3n) is 6.91. The van der Waals surface area contributed by atoms with Crippen molar-refractivity contribution >= 4 is 17.9 Å². The van der Waals surface area contributed by atoms with Crippen molar-refractivity contribution in [1.82, 2.24) is 0 Å². The molecular formula is C31H58NO7+. The lowest BCUT2D eigenvalue weighted by Gasteiger charge is -2.30. The van der Waals surface area contributed by atoms with Gasteiger partial charge in [0.25, 0.3) is 0 Å². The van der Waals surface area contributed by atoms with Crippen LogP contribution in [0.2, 0.25) is 0 Å². The summed E-state index contributed by atoms with van der Waals surface area (Å²) >= 11 is 0. The molecule has 3 atom stereocenters. The summed E-state index contributed by atoms with van der Waals surface area (Å²) in [5.74, 6) is -1.63. The molecule has 0 aromatic rings. The topological polar surface area (TPSA) is 110 Å². The van der Waals surface area contributed by atoms with Gasteiger partial charge in [-0.15, -0.1) is 4.65 Å². The number of likely N-dealkylation sites (N-methyl/N-ethyl adjacent to an activating group) is 1. The number of hydrogen-bond acceptors (Lipinski definition) is 6. The fourth-order valence-electron chi connectivity index (χ4n) is 4.67. The predicted molar refractivity (Wildman–Crippen MR) is 155 cm³/mol. The Morgan fingerprint density at radius 3 is 2.05 bits per heavy atom. The van der Waals surface area contributed by atoms with Gasteiger partial charge in [0.05, 0.1) is 6.10 Å². The van der Waals surface area contributed by atoms with Gasteiger partial charge in [-0.25, -0.2) is 9.59 Å². The zero-order chi connectivity index (χ0) is 29.4. The van der Waals surface area contributed by atoms with Crippen LogP contribution in [0.5, 0.6) is 0 Å². The Hall–Kier alpha value is -1.93. The molecule has 2 N–H and O–H groups in total. The molecule has 0 aliphatic heterocycles. The maximum Gasteiger partial charge on any atom is 0.366 e. The van der Waals surface area contributed by atoms with Crippen LogP contribution in [0, 0.1) is 0 Å². The van der Waals surface area contributed by atoms with Gasteiger partial charge in [0.1, 0.15) is 19.7 Å². The Labute approximate surface area is 237 Å². The third kappa shape index (κ3) is 22.6. The van der Waals surface area contributed by atoms with Crippen molar-refractivity contribution in [3.63, 3.8) is 0 Å². The Kier molecular flexibility index (Phi) is 22.7. The van der Waals surface area contributed by atoms with Gasteiger partial charge in [0.15, 0.2) is 0 Å². The lowest BCUT2D eigenvalue weighted by atomic mass is 10.0. The number of carbonyl (C=O) groups is 3. The maximum atomic E-state index is 12.9. The number of aliphatic hydroxyl groups excluding tert-OH is 1. The number of hydroxylamine groups is 3. The van der Waals surface area contributed by atoms with Crippen LogP contribution in [0.4, 0.5) is 0 Å². The number of unbranched alkanes of at least 4 members (excludes halogenated alkanes) is 12. The highest BCUT2D eigenvalue weighted by Crippen LogP contribution is 2.17. The summed E-state index contributed by atoms with van der Waals surface area (Å²) in [5, 5.41) is 19.5. The maximum absolute atomic E-state index is 12.9. The minimum absolute atomic E-state index is 0.0756. The Morgan fingerprint density at radius 1 is 0.821 bits per heavy atom. The molecule has 228 valence electrons. The number of carboxylic acid groups (broad SMARTS) is 1. The second-order valence-corrected chi connectivity index (χ2v) is 11.0. The molecule has 0 heterocycles. The number of quaternary nitrogens is 1. The first-order chi connectivity index (χ1) is 18.6. The largest absolute Gasteiger partial charge is 0.481 e. The number of ether oxygens (including phenoxy) is 1. The average Bonchev–Trinajstić information content (AvgIpc) is 2.85. The zero-order valence-electron chi connectivity index (χ0n) is 25.3. The first-order valence-corrected chi connectivity index (χ1v) is 15.4. The van der Waals surface area contributed by atoms with Crippen LogP contribution in [-0.2, 0) is 24.0 Å². The molecular weight excluding hydrogens is 498 g/mol. The van der Waals surface area contributed by atoms with E-state index in [1.807, 2.05) is 6.08 Å². The summed E-state index contributed by atoms with van der Waals surface area (Å²) in [4.78, 5) is 40.7. The number of aliphatic carboxylic acids is 1. The molecule has 0 aromatic heterocycles. The summed E-state index contributed by atoms with van der Waals surface area (Å²) in [5.41, 5.74) is 0. The van der Waals surface area contributed by atoms with E-state index in [9.17, 15) is 19.5 Å². The van der Waals surface area contributed by atoms with Crippen molar-refractivity contribution < 1.29 is 38.8 Å². The molecule has 0 radical (unpaired) electrons. The summed E-state index contributed by atoms with van der Waals surface area (Å²) in [6.45, 7) is 6.11. The number of rotatable bonds is 26. The van der Waals surface area contributed by atoms with Gasteiger partial charge in [-0.2, -0.15) is 0 Å². The van der Waals surface area contributed by atoms with Crippen molar-refractivity contribution in [2.45, 2.75) is 149 Å². The molecule has 0 saturated carbocycles. The molecule has 0 spiro atoms. The predicted octanol–water partition coefficient (Wildman–Crippen LogP) is 6.89. The van der Waals surface area contributed by atoms with Gasteiger partial charge in [0, 0.05) is 19.8 Å². The molecule has 0 bridgehead atoms. The van der Waals surface area contributed by atoms with E-state index in [-0.39, 0.29) is 17.6 Å². The highest BCUT2D eigenvalue weighted by molar-refractivity contribution is 5.71. The molecule has 8 nitrogen and oxygen atoms in total. The van der Waals surface area contributed by atoms with Gasteiger partial charge in [0.2, 0.25) is 6.54 Å². The standard InChI is InChI=1S/C31H57NO7/c1-5-7-9-10-17-21-25-32(4,39-27(3)33)26-31(37)38-29(23-18-8-6-2)28(34)22-19-15-13-11-12-14-16-20-24-30(35)36/h15,19,28-29,34H,5-14,16-18,20-26H2,1-4H3/p+1/b19-15-. The van der Waals surface area contributed by atoms with Crippen LogP contribution in [0.15, 0.2) is 12.2 Å². The first kappa shape index (κ1) is 37.1. The molecule has 0 aromatic carbocycles. The Morgan fingerprint density at radius 2 is 1.41 bits per heavy atom. The van der Waals surface area contributed by atoms with Crippen LogP contribution >= 0.6 is 0 Å². The monoisotopic (exact) mass is 556 g/mol. The summed E-state index contributed by atoms with van der Waals surface area (Å²) in [6.07, 6.45) is 19.1. The van der Waals surface area contributed by atoms with E-state index >= 15 is 0 Å². The van der Waals surface area contributed by atoms with Gasteiger partial charge in [-0.1, -0.05) is 83.8 Å². The lowest BCUT2D eigenvalue weighted by Crippen LogP contribution is -2.50. The van der Waals surface area contributed by atoms with Crippen molar-refractivity contribution in [2.75, 3.05) is 20.1 Å². The van der Waals surface area contributed by atoms with Gasteiger partial charge in [-0.3, -0.25) is 9.63 Å². The molecule has 0 rings (SSSR count). The molecule has 0 fully saturated rings. The SMILES string of the molecule is CCCCCCCC[N+](C)(CC(=O)OC(CCCCC)C(O)C/C=C\CCCCCCCC(=O)O)OC(C)=O. The number of hydrogen-bond donors (Lipinski definition) is 2. The Balaban J connectivity index is 4.73. The number of esters is 1. The Bertz CT molecular complexity index is 682. The fourth-order valence-corrected chi connectivity index (χ4v) is 4.67. The van der Waals surface area contributed by atoms with Gasteiger partial charge in [-0.05, 0) is 44.9 Å². The van der Waals surface area contributed by atoms with Crippen molar-refractivity contribution in [1.29, 1.82) is 0 Å². The van der Waals surface area contributed by atoms with Crippen LogP contribution in [0.1, 0.15) is 136 Å². The first-order valence-electron chi connectivity index (χ1n) is 15.4. The normalized spacial score (nSPS) is 14.6. The average molecular weight is 557 g/mol. The minimum Gasteiger partial charge on any atom is -0.481 e. The lowest BCUT2D eigenvalue weighted by molar-refractivity contribution is -1.07. The van der Waals surface area contributed by atoms with E-state index < -0.39 is 30.1 Å². The van der Waals surface area contributed by atoms with E-state index in [1.165, 1.54) is 26.2 Å². The number of allylic oxidation sites excluding steroid dienone is 1. The second kappa shape index (κ2) is 23.9. The number of carboxylic acids is 1. The van der Waals surface area contributed by atoms with E-state index in [0.29, 0.717) is 19.4 Å². The van der Waals surface area contributed by atoms with Crippen molar-refractivity contribution in [2.24, 2.45) is 0 Å². The highest BCUT2D eigenvalue weighted by atomic mass is 16.7.